The predicted molar refractivity (Wildman–Crippen MR) is 74.9 cm³/mol. The molecule has 1 aliphatic heterocycles. The second-order valence-corrected chi connectivity index (χ2v) is 4.85. The summed E-state index contributed by atoms with van der Waals surface area (Å²) in [6, 6.07) is 5.48. The van der Waals surface area contributed by atoms with Crippen LogP contribution < -0.4 is 5.32 Å². The Balaban J connectivity index is 2.22. The number of rotatable bonds is 2. The van der Waals surface area contributed by atoms with Crippen molar-refractivity contribution < 1.29 is 9.53 Å². The zero-order valence-corrected chi connectivity index (χ0v) is 11.3. The van der Waals surface area contributed by atoms with Crippen LogP contribution in [0.5, 0.6) is 0 Å². The van der Waals surface area contributed by atoms with Gasteiger partial charge in [-0.1, -0.05) is 11.6 Å². The van der Waals surface area contributed by atoms with Gasteiger partial charge in [-0.2, -0.15) is 0 Å². The third-order valence-electron chi connectivity index (χ3n) is 3.15. The summed E-state index contributed by atoms with van der Waals surface area (Å²) in [7, 11) is 0. The van der Waals surface area contributed by atoms with Crippen LogP contribution >= 0.6 is 11.6 Å². The number of pyridine rings is 1. The van der Waals surface area contributed by atoms with E-state index in [1.165, 1.54) is 5.56 Å². The Morgan fingerprint density at radius 3 is 3.11 bits per heavy atom. The van der Waals surface area contributed by atoms with Crippen molar-refractivity contribution in [2.75, 3.05) is 18.5 Å². The second-order valence-electron chi connectivity index (χ2n) is 4.41. The minimum absolute atomic E-state index is 0.312. The van der Waals surface area contributed by atoms with Gasteiger partial charge in [0.25, 0.3) is 0 Å². The van der Waals surface area contributed by atoms with Crippen LogP contribution in [0, 0.1) is 0 Å². The molecule has 3 rings (SSSR count). The van der Waals surface area contributed by atoms with Crippen molar-refractivity contribution in [2.45, 2.75) is 13.3 Å². The van der Waals surface area contributed by atoms with E-state index in [9.17, 15) is 4.79 Å². The van der Waals surface area contributed by atoms with Crippen molar-refractivity contribution in [3.05, 3.63) is 34.5 Å². The number of anilines is 1. The average molecular weight is 277 g/mol. The molecular weight excluding hydrogens is 264 g/mol. The lowest BCUT2D eigenvalue weighted by Gasteiger charge is -2.19. The van der Waals surface area contributed by atoms with E-state index in [2.05, 4.69) is 10.3 Å². The molecule has 1 aliphatic rings. The van der Waals surface area contributed by atoms with E-state index >= 15 is 0 Å². The largest absolute Gasteiger partial charge is 0.461 e. The van der Waals surface area contributed by atoms with E-state index in [4.69, 9.17) is 16.3 Å². The van der Waals surface area contributed by atoms with Gasteiger partial charge < -0.3 is 10.1 Å². The van der Waals surface area contributed by atoms with Crippen LogP contribution in [-0.4, -0.2) is 24.1 Å². The molecule has 2 aromatic rings. The van der Waals surface area contributed by atoms with Gasteiger partial charge in [0, 0.05) is 22.6 Å². The Morgan fingerprint density at radius 2 is 2.32 bits per heavy atom. The first-order valence-corrected chi connectivity index (χ1v) is 6.61. The highest BCUT2D eigenvalue weighted by Gasteiger charge is 2.18. The molecule has 0 amide bonds. The lowest BCUT2D eigenvalue weighted by molar-refractivity contribution is 0.0520. The number of halogens is 1. The van der Waals surface area contributed by atoms with Crippen LogP contribution in [0.4, 0.5) is 5.69 Å². The molecule has 0 saturated carbocycles. The Morgan fingerprint density at radius 1 is 1.47 bits per heavy atom. The van der Waals surface area contributed by atoms with Gasteiger partial charge in [0.2, 0.25) is 0 Å². The van der Waals surface area contributed by atoms with Gasteiger partial charge in [-0.05, 0) is 37.1 Å². The van der Waals surface area contributed by atoms with Gasteiger partial charge in [-0.25, -0.2) is 9.78 Å². The van der Waals surface area contributed by atoms with Crippen LogP contribution in [0.2, 0.25) is 5.02 Å². The number of hydrogen-bond acceptors (Lipinski definition) is 4. The minimum Gasteiger partial charge on any atom is -0.461 e. The molecule has 0 unspecified atom stereocenters. The number of aromatic nitrogens is 1. The highest BCUT2D eigenvalue weighted by molar-refractivity contribution is 6.31. The SMILES string of the molecule is CCOC(=O)c1cc2c3c(cc(Cl)cc3n1)CCN2. The molecule has 0 atom stereocenters. The van der Waals surface area contributed by atoms with E-state index in [0.29, 0.717) is 17.3 Å². The van der Waals surface area contributed by atoms with Crippen molar-refractivity contribution >= 4 is 34.2 Å². The number of nitrogens with one attached hydrogen (secondary N) is 1. The molecule has 4 nitrogen and oxygen atoms in total. The molecule has 0 spiro atoms. The van der Waals surface area contributed by atoms with E-state index in [0.717, 1.165) is 29.6 Å². The first kappa shape index (κ1) is 12.2. The maximum atomic E-state index is 11.8. The van der Waals surface area contributed by atoms with Crippen LogP contribution in [0.15, 0.2) is 18.2 Å². The molecule has 1 aromatic carbocycles. The van der Waals surface area contributed by atoms with Gasteiger partial charge >= 0.3 is 5.97 Å². The maximum absolute atomic E-state index is 11.8. The molecule has 1 aromatic heterocycles. The maximum Gasteiger partial charge on any atom is 0.357 e. The average Bonchev–Trinajstić information content (AvgIpc) is 2.38. The Bertz CT molecular complexity index is 670. The fourth-order valence-corrected chi connectivity index (χ4v) is 2.63. The number of nitrogens with zero attached hydrogens (tertiary/aromatic N) is 1. The number of carbonyl (C=O) groups is 1. The number of benzene rings is 1. The normalized spacial score (nSPS) is 13.2. The van der Waals surface area contributed by atoms with Gasteiger partial charge in [0.15, 0.2) is 5.69 Å². The summed E-state index contributed by atoms with van der Waals surface area (Å²) in [5.41, 5.74) is 3.13. The van der Waals surface area contributed by atoms with Gasteiger partial charge in [0.05, 0.1) is 12.1 Å². The fraction of sp³-hybridized carbons (Fsp3) is 0.286. The molecule has 1 N–H and O–H groups in total. The van der Waals surface area contributed by atoms with Gasteiger partial charge in [-0.3, -0.25) is 0 Å². The third-order valence-corrected chi connectivity index (χ3v) is 3.37. The van der Waals surface area contributed by atoms with Gasteiger partial charge in [0.1, 0.15) is 0 Å². The number of hydrogen-bond donors (Lipinski definition) is 1. The molecule has 0 aliphatic carbocycles. The summed E-state index contributed by atoms with van der Waals surface area (Å²) in [5.74, 6) is -0.408. The molecule has 19 heavy (non-hydrogen) atoms. The van der Waals surface area contributed by atoms with Crippen LogP contribution in [-0.2, 0) is 11.2 Å². The first-order valence-electron chi connectivity index (χ1n) is 6.23. The van der Waals surface area contributed by atoms with Crippen LogP contribution in [0.3, 0.4) is 0 Å². The quantitative estimate of drug-likeness (QED) is 0.857. The lowest BCUT2D eigenvalue weighted by Crippen LogP contribution is -2.15. The fourth-order valence-electron chi connectivity index (χ4n) is 2.40. The number of ether oxygens (including phenoxy) is 1. The minimum atomic E-state index is -0.408. The van der Waals surface area contributed by atoms with E-state index in [1.54, 1.807) is 19.1 Å². The molecule has 0 saturated heterocycles. The van der Waals surface area contributed by atoms with Crippen molar-refractivity contribution in [1.29, 1.82) is 0 Å². The predicted octanol–water partition coefficient (Wildman–Crippen LogP) is 3.03. The molecule has 0 bridgehead atoms. The molecule has 5 heteroatoms. The standard InChI is InChI=1S/C14H13ClN2O2/c1-2-19-14(18)12-7-10-13-8(3-4-16-10)5-9(15)6-11(13)17-12/h5-7,16H,2-4H2,1H3. The molecule has 2 heterocycles. The van der Waals surface area contributed by atoms with Gasteiger partial charge in [-0.15, -0.1) is 0 Å². The Kier molecular flexibility index (Phi) is 3.03. The van der Waals surface area contributed by atoms with E-state index < -0.39 is 5.97 Å². The summed E-state index contributed by atoms with van der Waals surface area (Å²) < 4.78 is 4.99. The highest BCUT2D eigenvalue weighted by Crippen LogP contribution is 2.32. The Hall–Kier alpha value is -1.81. The van der Waals surface area contributed by atoms with Crippen LogP contribution in [0.25, 0.3) is 10.9 Å². The highest BCUT2D eigenvalue weighted by atomic mass is 35.5. The molecule has 0 radical (unpaired) electrons. The van der Waals surface area contributed by atoms with Crippen molar-refractivity contribution in [3.8, 4) is 0 Å². The second kappa shape index (κ2) is 4.70. The Labute approximate surface area is 115 Å². The summed E-state index contributed by atoms with van der Waals surface area (Å²) in [4.78, 5) is 16.2. The van der Waals surface area contributed by atoms with Crippen molar-refractivity contribution in [2.24, 2.45) is 0 Å². The van der Waals surface area contributed by atoms with E-state index in [-0.39, 0.29) is 0 Å². The lowest BCUT2D eigenvalue weighted by atomic mass is 10.00. The number of carbonyl (C=O) groups excluding carboxylic acids is 1. The zero-order chi connectivity index (χ0) is 13.4. The first-order chi connectivity index (χ1) is 9.19. The number of esters is 1. The topological polar surface area (TPSA) is 51.2 Å². The van der Waals surface area contributed by atoms with E-state index in [1.807, 2.05) is 6.07 Å². The van der Waals surface area contributed by atoms with Crippen molar-refractivity contribution in [3.63, 3.8) is 0 Å². The smallest absolute Gasteiger partial charge is 0.357 e. The van der Waals surface area contributed by atoms with Crippen LogP contribution in [0.1, 0.15) is 23.0 Å². The monoisotopic (exact) mass is 276 g/mol. The zero-order valence-electron chi connectivity index (χ0n) is 10.5. The van der Waals surface area contributed by atoms with Crippen molar-refractivity contribution in [1.82, 2.24) is 4.98 Å². The molecular formula is C14H13ClN2O2. The summed E-state index contributed by atoms with van der Waals surface area (Å²) in [6.45, 7) is 2.94. The third kappa shape index (κ3) is 2.12. The summed E-state index contributed by atoms with van der Waals surface area (Å²) >= 11 is 6.10. The summed E-state index contributed by atoms with van der Waals surface area (Å²) in [5, 5.41) is 4.98. The molecule has 0 fully saturated rings. The molecule has 98 valence electrons. The summed E-state index contributed by atoms with van der Waals surface area (Å²) in [6.07, 6.45) is 0.907.